The second-order valence-corrected chi connectivity index (χ2v) is 10.2. The first-order valence-corrected chi connectivity index (χ1v) is 11.1. The Hall–Kier alpha value is -1.88. The van der Waals surface area contributed by atoms with Crippen LogP contribution in [-0.2, 0) is 19.7 Å². The molecule has 5 fully saturated rings. The van der Waals surface area contributed by atoms with Crippen molar-refractivity contribution in [1.82, 2.24) is 4.90 Å². The maximum absolute atomic E-state index is 13.8. The van der Waals surface area contributed by atoms with Gasteiger partial charge in [0.15, 0.2) is 0 Å². The Morgan fingerprint density at radius 1 is 1.14 bits per heavy atom. The molecule has 6 rings (SSSR count). The fourth-order valence-corrected chi connectivity index (χ4v) is 7.32. The third-order valence-corrected chi connectivity index (χ3v) is 8.01. The lowest BCUT2D eigenvalue weighted by molar-refractivity contribution is -0.168. The molecule has 0 radical (unpaired) electrons. The summed E-state index contributed by atoms with van der Waals surface area (Å²) in [6.45, 7) is 3.57. The molecule has 1 aromatic rings. The fourth-order valence-electron chi connectivity index (χ4n) is 7.32. The Morgan fingerprint density at radius 2 is 1.83 bits per heavy atom. The molecule has 1 amide bonds. The molecule has 4 saturated carbocycles. The van der Waals surface area contributed by atoms with Crippen LogP contribution in [-0.4, -0.2) is 47.7 Å². The number of rotatable bonds is 4. The SMILES string of the molecule is Cc1ccc(C23CC4CC(CC(C(=O)N5CCOC(CC(=O)O)C5)(C4)C2)C3)cc1. The lowest BCUT2D eigenvalue weighted by Crippen LogP contribution is -2.61. The van der Waals surface area contributed by atoms with Gasteiger partial charge in [0.2, 0.25) is 5.91 Å². The zero-order valence-electron chi connectivity index (χ0n) is 17.2. The van der Waals surface area contributed by atoms with E-state index >= 15 is 0 Å². The molecule has 0 aromatic heterocycles. The molecule has 156 valence electrons. The monoisotopic (exact) mass is 397 g/mol. The number of hydrogen-bond acceptors (Lipinski definition) is 3. The number of amides is 1. The van der Waals surface area contributed by atoms with Crippen molar-refractivity contribution in [2.45, 2.75) is 63.4 Å². The van der Waals surface area contributed by atoms with Crippen molar-refractivity contribution in [3.05, 3.63) is 35.4 Å². The van der Waals surface area contributed by atoms with E-state index in [1.165, 1.54) is 30.4 Å². The van der Waals surface area contributed by atoms with Crippen LogP contribution >= 0.6 is 0 Å². The van der Waals surface area contributed by atoms with Crippen molar-refractivity contribution in [2.75, 3.05) is 19.7 Å². The lowest BCUT2D eigenvalue weighted by atomic mass is 9.42. The molecule has 1 aromatic carbocycles. The van der Waals surface area contributed by atoms with Gasteiger partial charge in [-0.25, -0.2) is 0 Å². The van der Waals surface area contributed by atoms with Crippen LogP contribution in [0, 0.1) is 24.2 Å². The average molecular weight is 398 g/mol. The van der Waals surface area contributed by atoms with Crippen molar-refractivity contribution >= 4 is 11.9 Å². The maximum Gasteiger partial charge on any atom is 0.306 e. The summed E-state index contributed by atoms with van der Waals surface area (Å²) in [5.41, 5.74) is 2.57. The maximum atomic E-state index is 13.8. The largest absolute Gasteiger partial charge is 0.481 e. The molecule has 5 heteroatoms. The zero-order valence-corrected chi connectivity index (χ0v) is 17.2. The van der Waals surface area contributed by atoms with E-state index in [-0.39, 0.29) is 29.3 Å². The number of morpholine rings is 1. The van der Waals surface area contributed by atoms with Gasteiger partial charge >= 0.3 is 5.97 Å². The van der Waals surface area contributed by atoms with Crippen molar-refractivity contribution in [3.8, 4) is 0 Å². The third-order valence-electron chi connectivity index (χ3n) is 8.01. The van der Waals surface area contributed by atoms with Crippen LogP contribution in [0.25, 0.3) is 0 Å². The van der Waals surface area contributed by atoms with Gasteiger partial charge in [0, 0.05) is 13.1 Å². The molecule has 1 saturated heterocycles. The number of benzene rings is 1. The molecule has 4 bridgehead atoms. The molecule has 5 aliphatic rings. The number of nitrogens with zero attached hydrogens (tertiary/aromatic N) is 1. The summed E-state index contributed by atoms with van der Waals surface area (Å²) in [5, 5.41) is 9.12. The van der Waals surface area contributed by atoms with Gasteiger partial charge in [0.25, 0.3) is 0 Å². The van der Waals surface area contributed by atoms with Gasteiger partial charge in [-0.05, 0) is 68.3 Å². The van der Waals surface area contributed by atoms with Crippen molar-refractivity contribution < 1.29 is 19.4 Å². The fraction of sp³-hybridized carbons (Fsp3) is 0.667. The summed E-state index contributed by atoms with van der Waals surface area (Å²) in [6, 6.07) is 9.00. The van der Waals surface area contributed by atoms with E-state index in [2.05, 4.69) is 31.2 Å². The summed E-state index contributed by atoms with van der Waals surface area (Å²) in [4.78, 5) is 26.9. The number of aryl methyl sites for hydroxylation is 1. The standard InChI is InChI=1S/C24H31NO4/c1-16-2-4-19(5-3-16)23-10-17-8-18(11-23)13-24(12-17,15-23)22(28)25-6-7-29-20(14-25)9-21(26)27/h2-5,17-18,20H,6-15H2,1H3,(H,26,27). The minimum Gasteiger partial charge on any atom is -0.481 e. The quantitative estimate of drug-likeness (QED) is 0.844. The normalized spacial score (nSPS) is 38.2. The molecule has 0 spiro atoms. The second-order valence-electron chi connectivity index (χ2n) is 10.2. The number of carboxylic acids is 1. The Balaban J connectivity index is 1.42. The first-order chi connectivity index (χ1) is 13.9. The molecule has 1 heterocycles. The van der Waals surface area contributed by atoms with E-state index in [0.717, 1.165) is 19.3 Å². The Morgan fingerprint density at radius 3 is 2.48 bits per heavy atom. The first kappa shape index (κ1) is 19.1. The van der Waals surface area contributed by atoms with Gasteiger partial charge < -0.3 is 14.7 Å². The van der Waals surface area contributed by atoms with Gasteiger partial charge in [-0.1, -0.05) is 29.8 Å². The Kier molecular flexibility index (Phi) is 4.50. The van der Waals surface area contributed by atoms with Crippen molar-refractivity contribution in [3.63, 3.8) is 0 Å². The van der Waals surface area contributed by atoms with E-state index in [0.29, 0.717) is 31.5 Å². The van der Waals surface area contributed by atoms with Crippen LogP contribution < -0.4 is 0 Å². The average Bonchev–Trinajstić information content (AvgIpc) is 2.66. The van der Waals surface area contributed by atoms with Crippen LogP contribution in [0.5, 0.6) is 0 Å². The van der Waals surface area contributed by atoms with Gasteiger partial charge in [0.1, 0.15) is 0 Å². The molecule has 4 aliphatic carbocycles. The van der Waals surface area contributed by atoms with Crippen LogP contribution in [0.1, 0.15) is 56.1 Å². The first-order valence-electron chi connectivity index (χ1n) is 11.1. The number of ether oxygens (including phenoxy) is 1. The minimum atomic E-state index is -0.863. The predicted molar refractivity (Wildman–Crippen MR) is 109 cm³/mol. The number of hydrogen-bond donors (Lipinski definition) is 1. The minimum absolute atomic E-state index is 0.0324. The molecular weight excluding hydrogens is 366 g/mol. The molecule has 29 heavy (non-hydrogen) atoms. The highest BCUT2D eigenvalue weighted by Gasteiger charge is 2.61. The van der Waals surface area contributed by atoms with E-state index in [1.54, 1.807) is 0 Å². The summed E-state index contributed by atoms with van der Waals surface area (Å²) in [6.07, 6.45) is 6.26. The highest BCUT2D eigenvalue weighted by molar-refractivity contribution is 5.84. The van der Waals surface area contributed by atoms with Gasteiger partial charge in [-0.15, -0.1) is 0 Å². The molecule has 5 nitrogen and oxygen atoms in total. The number of carbonyl (C=O) groups excluding carboxylic acids is 1. The van der Waals surface area contributed by atoms with Gasteiger partial charge in [-0.3, -0.25) is 9.59 Å². The topological polar surface area (TPSA) is 66.8 Å². The van der Waals surface area contributed by atoms with Crippen LogP contribution in [0.4, 0.5) is 0 Å². The second kappa shape index (κ2) is 6.83. The number of aliphatic carboxylic acids is 1. The van der Waals surface area contributed by atoms with Crippen molar-refractivity contribution in [1.29, 1.82) is 0 Å². The Labute approximate surface area is 172 Å². The smallest absolute Gasteiger partial charge is 0.306 e. The van der Waals surface area contributed by atoms with Gasteiger partial charge in [0.05, 0.1) is 24.5 Å². The third kappa shape index (κ3) is 3.27. The molecule has 1 aliphatic heterocycles. The van der Waals surface area contributed by atoms with E-state index < -0.39 is 5.97 Å². The molecule has 3 atom stereocenters. The molecule has 3 unspecified atom stereocenters. The number of carboxylic acid groups (broad SMARTS) is 1. The predicted octanol–water partition coefficient (Wildman–Crippen LogP) is 3.54. The lowest BCUT2D eigenvalue weighted by Gasteiger charge is -2.62. The van der Waals surface area contributed by atoms with Crippen LogP contribution in [0.2, 0.25) is 0 Å². The highest BCUT2D eigenvalue weighted by atomic mass is 16.5. The molecular formula is C24H31NO4. The number of carbonyl (C=O) groups is 2. The highest BCUT2D eigenvalue weighted by Crippen LogP contribution is 2.66. The Bertz CT molecular complexity index is 803. The summed E-state index contributed by atoms with van der Waals surface area (Å²) in [5.74, 6) is 0.675. The van der Waals surface area contributed by atoms with Gasteiger partial charge in [-0.2, -0.15) is 0 Å². The van der Waals surface area contributed by atoms with E-state index in [4.69, 9.17) is 9.84 Å². The van der Waals surface area contributed by atoms with E-state index in [9.17, 15) is 9.59 Å². The summed E-state index contributed by atoms with van der Waals surface area (Å²) in [7, 11) is 0. The summed E-state index contributed by atoms with van der Waals surface area (Å²) >= 11 is 0. The van der Waals surface area contributed by atoms with Crippen molar-refractivity contribution in [2.24, 2.45) is 17.3 Å². The summed E-state index contributed by atoms with van der Waals surface area (Å²) < 4.78 is 5.61. The molecule has 1 N–H and O–H groups in total. The van der Waals surface area contributed by atoms with E-state index in [1.807, 2.05) is 4.90 Å². The van der Waals surface area contributed by atoms with Crippen LogP contribution in [0.3, 0.4) is 0 Å². The van der Waals surface area contributed by atoms with Crippen LogP contribution in [0.15, 0.2) is 24.3 Å². The zero-order chi connectivity index (χ0) is 20.2.